The lowest BCUT2D eigenvalue weighted by molar-refractivity contribution is 0.143. The number of aromatic nitrogens is 2. The van der Waals surface area contributed by atoms with Gasteiger partial charge in [-0.1, -0.05) is 6.42 Å². The zero-order valence-corrected chi connectivity index (χ0v) is 11.3. The van der Waals surface area contributed by atoms with Crippen molar-refractivity contribution in [3.8, 4) is 11.8 Å². The number of nitrogens with zero attached hydrogens (tertiary/aromatic N) is 1. The van der Waals surface area contributed by atoms with E-state index >= 15 is 0 Å². The van der Waals surface area contributed by atoms with Crippen molar-refractivity contribution in [1.29, 1.82) is 0 Å². The largest absolute Gasteiger partial charge is 0.494 e. The Morgan fingerprint density at radius 1 is 1.26 bits per heavy atom. The molecule has 1 aliphatic rings. The van der Waals surface area contributed by atoms with Crippen LogP contribution in [0.5, 0.6) is 11.8 Å². The van der Waals surface area contributed by atoms with Crippen molar-refractivity contribution in [2.45, 2.75) is 45.1 Å². The highest BCUT2D eigenvalue weighted by Gasteiger charge is 2.16. The Morgan fingerprint density at radius 3 is 2.89 bits per heavy atom. The van der Waals surface area contributed by atoms with Crippen molar-refractivity contribution in [1.82, 2.24) is 9.97 Å². The summed E-state index contributed by atoms with van der Waals surface area (Å²) in [4.78, 5) is 7.70. The van der Waals surface area contributed by atoms with Crippen LogP contribution in [0, 0.1) is 0 Å². The predicted octanol–water partition coefficient (Wildman–Crippen LogP) is 3.67. The van der Waals surface area contributed by atoms with Crippen LogP contribution in [0.1, 0.15) is 39.0 Å². The summed E-state index contributed by atoms with van der Waals surface area (Å²) in [5, 5.41) is 0. The fraction of sp³-hybridized carbons (Fsp3) is 0.533. The van der Waals surface area contributed by atoms with Crippen LogP contribution in [-0.2, 0) is 0 Å². The summed E-state index contributed by atoms with van der Waals surface area (Å²) in [5.74, 6) is 0.864. The molecular weight excluding hydrogens is 240 g/mol. The van der Waals surface area contributed by atoms with E-state index in [2.05, 4.69) is 9.97 Å². The molecule has 4 heteroatoms. The normalized spacial score (nSPS) is 16.7. The summed E-state index contributed by atoms with van der Waals surface area (Å²) in [6, 6.07) is 6.51. The van der Waals surface area contributed by atoms with Crippen molar-refractivity contribution >= 4 is 11.0 Å². The molecule has 0 radical (unpaired) electrons. The first-order valence-corrected chi connectivity index (χ1v) is 7.14. The van der Waals surface area contributed by atoms with E-state index in [1.54, 1.807) is 0 Å². The number of ether oxygens (including phenoxy) is 2. The molecule has 0 saturated heterocycles. The maximum atomic E-state index is 5.93. The second-order valence-electron chi connectivity index (χ2n) is 5.03. The first kappa shape index (κ1) is 12.3. The Balaban J connectivity index is 1.76. The average molecular weight is 260 g/mol. The number of hydrogen-bond acceptors (Lipinski definition) is 3. The van der Waals surface area contributed by atoms with Gasteiger partial charge < -0.3 is 14.5 Å². The highest BCUT2D eigenvalue weighted by Crippen LogP contribution is 2.25. The SMILES string of the molecule is CCOc1ccc2nc(OC3CCCCC3)[nH]c2c1. The van der Waals surface area contributed by atoms with E-state index in [0.717, 1.165) is 29.6 Å². The van der Waals surface area contributed by atoms with Gasteiger partial charge in [0.15, 0.2) is 0 Å². The Morgan fingerprint density at radius 2 is 2.11 bits per heavy atom. The van der Waals surface area contributed by atoms with Gasteiger partial charge >= 0.3 is 0 Å². The van der Waals surface area contributed by atoms with Gasteiger partial charge in [0, 0.05) is 6.07 Å². The minimum atomic E-state index is 0.320. The molecule has 0 unspecified atom stereocenters. The third-order valence-corrected chi connectivity index (χ3v) is 3.57. The molecule has 1 aromatic carbocycles. The number of H-pyrrole nitrogens is 1. The minimum Gasteiger partial charge on any atom is -0.494 e. The summed E-state index contributed by atoms with van der Waals surface area (Å²) in [6.07, 6.45) is 6.46. The second kappa shape index (κ2) is 5.51. The number of hydrogen-bond donors (Lipinski definition) is 1. The van der Waals surface area contributed by atoms with Gasteiger partial charge in [0.2, 0.25) is 0 Å². The summed E-state index contributed by atoms with van der Waals surface area (Å²) in [6.45, 7) is 2.65. The van der Waals surface area contributed by atoms with Crippen LogP contribution in [0.4, 0.5) is 0 Å². The van der Waals surface area contributed by atoms with E-state index in [-0.39, 0.29) is 0 Å². The molecular formula is C15H20N2O2. The van der Waals surface area contributed by atoms with Crippen LogP contribution in [0.25, 0.3) is 11.0 Å². The predicted molar refractivity (Wildman–Crippen MR) is 74.8 cm³/mol. The van der Waals surface area contributed by atoms with Crippen LogP contribution in [0.2, 0.25) is 0 Å². The Labute approximate surface area is 113 Å². The van der Waals surface area contributed by atoms with Gasteiger partial charge in [-0.15, -0.1) is 0 Å². The van der Waals surface area contributed by atoms with E-state index in [9.17, 15) is 0 Å². The molecule has 4 nitrogen and oxygen atoms in total. The zero-order chi connectivity index (χ0) is 13.1. The molecule has 1 aromatic heterocycles. The number of benzene rings is 1. The molecule has 3 rings (SSSR count). The molecule has 0 atom stereocenters. The quantitative estimate of drug-likeness (QED) is 0.912. The van der Waals surface area contributed by atoms with E-state index in [1.807, 2.05) is 25.1 Å². The Kier molecular flexibility index (Phi) is 3.58. The number of aromatic amines is 1. The van der Waals surface area contributed by atoms with Gasteiger partial charge in [0.05, 0.1) is 17.6 Å². The lowest BCUT2D eigenvalue weighted by atomic mass is 9.98. The fourth-order valence-corrected chi connectivity index (χ4v) is 2.62. The van der Waals surface area contributed by atoms with E-state index in [0.29, 0.717) is 18.7 Å². The summed E-state index contributed by atoms with van der Waals surface area (Å²) < 4.78 is 11.4. The van der Waals surface area contributed by atoms with E-state index < -0.39 is 0 Å². The van der Waals surface area contributed by atoms with Gasteiger partial charge in [-0.3, -0.25) is 0 Å². The number of imidazole rings is 1. The molecule has 1 saturated carbocycles. The smallest absolute Gasteiger partial charge is 0.294 e. The second-order valence-corrected chi connectivity index (χ2v) is 5.03. The minimum absolute atomic E-state index is 0.320. The molecule has 1 aliphatic carbocycles. The molecule has 1 N–H and O–H groups in total. The van der Waals surface area contributed by atoms with Crippen molar-refractivity contribution in [2.24, 2.45) is 0 Å². The van der Waals surface area contributed by atoms with Crippen LogP contribution >= 0.6 is 0 Å². The van der Waals surface area contributed by atoms with Crippen LogP contribution in [0.3, 0.4) is 0 Å². The molecule has 19 heavy (non-hydrogen) atoms. The molecule has 0 spiro atoms. The van der Waals surface area contributed by atoms with Gasteiger partial charge in [-0.25, -0.2) is 0 Å². The van der Waals surface area contributed by atoms with Crippen molar-refractivity contribution in [3.05, 3.63) is 18.2 Å². The van der Waals surface area contributed by atoms with E-state index in [1.165, 1.54) is 19.3 Å². The van der Waals surface area contributed by atoms with Crippen molar-refractivity contribution in [3.63, 3.8) is 0 Å². The van der Waals surface area contributed by atoms with Gasteiger partial charge in [0.25, 0.3) is 6.01 Å². The maximum absolute atomic E-state index is 5.93. The third kappa shape index (κ3) is 2.83. The number of nitrogens with one attached hydrogen (secondary N) is 1. The molecule has 1 heterocycles. The van der Waals surface area contributed by atoms with Crippen LogP contribution in [-0.4, -0.2) is 22.7 Å². The zero-order valence-electron chi connectivity index (χ0n) is 11.3. The van der Waals surface area contributed by atoms with Gasteiger partial charge in [-0.05, 0) is 44.7 Å². The lowest BCUT2D eigenvalue weighted by Gasteiger charge is -2.21. The van der Waals surface area contributed by atoms with Gasteiger partial charge in [0.1, 0.15) is 11.9 Å². The molecule has 0 bridgehead atoms. The van der Waals surface area contributed by atoms with Crippen LogP contribution < -0.4 is 9.47 Å². The number of fused-ring (bicyclic) bond motifs is 1. The first-order valence-electron chi connectivity index (χ1n) is 7.14. The molecule has 102 valence electrons. The topological polar surface area (TPSA) is 47.1 Å². The summed E-state index contributed by atoms with van der Waals surface area (Å²) in [7, 11) is 0. The Bertz CT molecular complexity index is 544. The van der Waals surface area contributed by atoms with Crippen molar-refractivity contribution in [2.75, 3.05) is 6.61 Å². The summed E-state index contributed by atoms with van der Waals surface area (Å²) in [5.41, 5.74) is 1.89. The molecule has 2 aromatic rings. The lowest BCUT2D eigenvalue weighted by Crippen LogP contribution is -2.20. The maximum Gasteiger partial charge on any atom is 0.294 e. The monoisotopic (exact) mass is 260 g/mol. The fourth-order valence-electron chi connectivity index (χ4n) is 2.62. The Hall–Kier alpha value is -1.71. The van der Waals surface area contributed by atoms with Crippen molar-refractivity contribution < 1.29 is 9.47 Å². The molecule has 0 aliphatic heterocycles. The standard InChI is InChI=1S/C15H20N2O2/c1-2-18-12-8-9-13-14(10-12)17-15(16-13)19-11-6-4-3-5-7-11/h8-11H,2-7H2,1H3,(H,16,17). The average Bonchev–Trinajstić information content (AvgIpc) is 2.82. The molecule has 1 fully saturated rings. The highest BCUT2D eigenvalue weighted by molar-refractivity contribution is 5.77. The third-order valence-electron chi connectivity index (χ3n) is 3.57. The first-order chi connectivity index (χ1) is 9.35. The van der Waals surface area contributed by atoms with Gasteiger partial charge in [-0.2, -0.15) is 4.98 Å². The summed E-state index contributed by atoms with van der Waals surface area (Å²) >= 11 is 0. The molecule has 0 amide bonds. The highest BCUT2D eigenvalue weighted by atomic mass is 16.5. The van der Waals surface area contributed by atoms with Crippen LogP contribution in [0.15, 0.2) is 18.2 Å². The number of rotatable bonds is 4. The van der Waals surface area contributed by atoms with E-state index in [4.69, 9.17) is 9.47 Å².